The molecular formula is C17H22N6O. The second-order valence-electron chi connectivity index (χ2n) is 5.54. The van der Waals surface area contributed by atoms with Gasteiger partial charge >= 0.3 is 0 Å². The Morgan fingerprint density at radius 2 is 2.21 bits per heavy atom. The molecular weight excluding hydrogens is 304 g/mol. The largest absolute Gasteiger partial charge is 0.395 e. The SMILES string of the molecule is C=CCC/C=C(\N)C(=O)Nc1cccc(-c2nncn2C(C)C)n1. The van der Waals surface area contributed by atoms with Crippen LogP contribution in [-0.2, 0) is 4.79 Å². The Morgan fingerprint density at radius 1 is 1.42 bits per heavy atom. The van der Waals surface area contributed by atoms with Gasteiger partial charge in [-0.05, 0) is 38.8 Å². The Balaban J connectivity index is 2.16. The van der Waals surface area contributed by atoms with Crippen LogP contribution >= 0.6 is 0 Å². The van der Waals surface area contributed by atoms with Crippen molar-refractivity contribution >= 4 is 11.7 Å². The van der Waals surface area contributed by atoms with E-state index in [1.807, 2.05) is 24.5 Å². The number of nitrogens with zero attached hydrogens (tertiary/aromatic N) is 4. The van der Waals surface area contributed by atoms with E-state index in [0.717, 1.165) is 6.42 Å². The van der Waals surface area contributed by atoms with Crippen LogP contribution < -0.4 is 11.1 Å². The standard InChI is InChI=1S/C17H22N6O/c1-4-5-6-8-13(18)17(24)21-15-10-7-9-14(20-15)16-22-19-11-23(16)12(2)3/h4,7-12H,1,5-6,18H2,2-3H3,(H,20,21,24)/b13-8-. The molecule has 3 N–H and O–H groups in total. The second-order valence-corrected chi connectivity index (χ2v) is 5.54. The van der Waals surface area contributed by atoms with E-state index in [0.29, 0.717) is 23.8 Å². The highest BCUT2D eigenvalue weighted by Crippen LogP contribution is 2.19. The monoisotopic (exact) mass is 326 g/mol. The number of allylic oxidation sites excluding steroid dienone is 2. The summed E-state index contributed by atoms with van der Waals surface area (Å²) in [4.78, 5) is 16.5. The molecule has 126 valence electrons. The maximum atomic E-state index is 12.1. The molecule has 7 nitrogen and oxygen atoms in total. The number of rotatable bonds is 7. The molecule has 0 unspecified atom stereocenters. The van der Waals surface area contributed by atoms with E-state index in [1.165, 1.54) is 0 Å². The first-order valence-electron chi connectivity index (χ1n) is 7.77. The number of hydrogen-bond donors (Lipinski definition) is 2. The van der Waals surface area contributed by atoms with Crippen molar-refractivity contribution in [1.82, 2.24) is 19.7 Å². The van der Waals surface area contributed by atoms with Crippen LogP contribution in [0.3, 0.4) is 0 Å². The lowest BCUT2D eigenvalue weighted by molar-refractivity contribution is -0.112. The molecule has 2 aromatic rings. The summed E-state index contributed by atoms with van der Waals surface area (Å²) in [6.07, 6.45) is 6.56. The lowest BCUT2D eigenvalue weighted by atomic mass is 10.2. The number of carbonyl (C=O) groups is 1. The summed E-state index contributed by atoms with van der Waals surface area (Å²) in [5, 5.41) is 10.7. The number of carbonyl (C=O) groups excluding carboxylic acids is 1. The summed E-state index contributed by atoms with van der Waals surface area (Å²) in [6, 6.07) is 5.53. The molecule has 0 fully saturated rings. The minimum absolute atomic E-state index is 0.161. The average Bonchev–Trinajstić information content (AvgIpc) is 3.05. The predicted molar refractivity (Wildman–Crippen MR) is 94.0 cm³/mol. The summed E-state index contributed by atoms with van der Waals surface area (Å²) in [5.74, 6) is 0.681. The van der Waals surface area contributed by atoms with Gasteiger partial charge in [-0.3, -0.25) is 4.79 Å². The van der Waals surface area contributed by atoms with Gasteiger partial charge in [0.2, 0.25) is 0 Å². The van der Waals surface area contributed by atoms with Gasteiger partial charge in [-0.1, -0.05) is 18.2 Å². The van der Waals surface area contributed by atoms with E-state index >= 15 is 0 Å². The fourth-order valence-corrected chi connectivity index (χ4v) is 2.07. The molecule has 2 aromatic heterocycles. The van der Waals surface area contributed by atoms with Crippen LogP contribution in [0, 0.1) is 0 Å². The van der Waals surface area contributed by atoms with Crippen LogP contribution in [0.25, 0.3) is 11.5 Å². The molecule has 0 aromatic carbocycles. The minimum atomic E-state index is -0.381. The minimum Gasteiger partial charge on any atom is -0.395 e. The van der Waals surface area contributed by atoms with Crippen LogP contribution in [0.15, 0.2) is 49.0 Å². The van der Waals surface area contributed by atoms with Crippen molar-refractivity contribution < 1.29 is 4.79 Å². The van der Waals surface area contributed by atoms with Gasteiger partial charge in [0.1, 0.15) is 17.8 Å². The van der Waals surface area contributed by atoms with Crippen molar-refractivity contribution in [3.8, 4) is 11.5 Å². The molecule has 0 aliphatic heterocycles. The van der Waals surface area contributed by atoms with Crippen molar-refractivity contribution in [1.29, 1.82) is 0 Å². The number of pyridine rings is 1. The molecule has 1 amide bonds. The quantitative estimate of drug-likeness (QED) is 0.463. The Labute approximate surface area is 141 Å². The maximum Gasteiger partial charge on any atom is 0.272 e. The topological polar surface area (TPSA) is 98.7 Å². The van der Waals surface area contributed by atoms with Gasteiger partial charge in [0, 0.05) is 6.04 Å². The number of anilines is 1. The first kappa shape index (κ1) is 17.4. The Hall–Kier alpha value is -2.96. The summed E-state index contributed by atoms with van der Waals surface area (Å²) >= 11 is 0. The number of nitrogens with two attached hydrogens (primary N) is 1. The molecule has 2 rings (SSSR count). The third-order valence-corrected chi connectivity index (χ3v) is 3.35. The average molecular weight is 326 g/mol. The number of aromatic nitrogens is 4. The third-order valence-electron chi connectivity index (χ3n) is 3.35. The Bertz CT molecular complexity index is 747. The van der Waals surface area contributed by atoms with E-state index in [-0.39, 0.29) is 17.6 Å². The van der Waals surface area contributed by atoms with Crippen molar-refractivity contribution in [3.63, 3.8) is 0 Å². The van der Waals surface area contributed by atoms with Crippen molar-refractivity contribution in [2.24, 2.45) is 5.73 Å². The molecule has 0 bridgehead atoms. The molecule has 0 saturated carbocycles. The van der Waals surface area contributed by atoms with E-state index in [4.69, 9.17) is 5.73 Å². The lowest BCUT2D eigenvalue weighted by Crippen LogP contribution is -2.20. The Kier molecular flexibility index (Phi) is 5.83. The summed E-state index contributed by atoms with van der Waals surface area (Å²) < 4.78 is 1.91. The first-order chi connectivity index (χ1) is 11.5. The second kappa shape index (κ2) is 8.05. The zero-order valence-corrected chi connectivity index (χ0v) is 13.9. The maximum absolute atomic E-state index is 12.1. The number of hydrogen-bond acceptors (Lipinski definition) is 5. The molecule has 24 heavy (non-hydrogen) atoms. The van der Waals surface area contributed by atoms with Crippen molar-refractivity contribution in [2.75, 3.05) is 5.32 Å². The highest BCUT2D eigenvalue weighted by atomic mass is 16.2. The van der Waals surface area contributed by atoms with Gasteiger partial charge in [0.15, 0.2) is 5.82 Å². The van der Waals surface area contributed by atoms with Crippen LogP contribution in [0.4, 0.5) is 5.82 Å². The van der Waals surface area contributed by atoms with Gasteiger partial charge in [0.25, 0.3) is 5.91 Å². The van der Waals surface area contributed by atoms with Gasteiger partial charge in [0.05, 0.1) is 5.70 Å². The molecule has 2 heterocycles. The van der Waals surface area contributed by atoms with E-state index in [9.17, 15) is 4.79 Å². The predicted octanol–water partition coefficient (Wildman–Crippen LogP) is 2.67. The summed E-state index contributed by atoms with van der Waals surface area (Å²) in [7, 11) is 0. The molecule has 0 aliphatic carbocycles. The highest BCUT2D eigenvalue weighted by molar-refractivity contribution is 6.02. The van der Waals surface area contributed by atoms with Gasteiger partial charge in [-0.15, -0.1) is 16.8 Å². The third kappa shape index (κ3) is 4.28. The van der Waals surface area contributed by atoms with E-state index < -0.39 is 0 Å². The molecule has 0 saturated heterocycles. The molecule has 0 spiro atoms. The van der Waals surface area contributed by atoms with E-state index in [1.54, 1.807) is 30.6 Å². The summed E-state index contributed by atoms with van der Waals surface area (Å²) in [6.45, 7) is 7.70. The number of amides is 1. The van der Waals surface area contributed by atoms with Crippen LogP contribution in [0.2, 0.25) is 0 Å². The Morgan fingerprint density at radius 3 is 2.92 bits per heavy atom. The van der Waals surface area contributed by atoms with Gasteiger partial charge in [-0.25, -0.2) is 4.98 Å². The molecule has 0 radical (unpaired) electrons. The van der Waals surface area contributed by atoms with Crippen LogP contribution in [-0.4, -0.2) is 25.7 Å². The van der Waals surface area contributed by atoms with Crippen LogP contribution in [0.1, 0.15) is 32.7 Å². The number of unbranched alkanes of at least 4 members (excludes halogenated alkanes) is 1. The molecule has 7 heteroatoms. The fourth-order valence-electron chi connectivity index (χ4n) is 2.07. The normalized spacial score (nSPS) is 11.5. The van der Waals surface area contributed by atoms with Crippen molar-refractivity contribution in [2.45, 2.75) is 32.7 Å². The number of nitrogens with one attached hydrogen (secondary N) is 1. The van der Waals surface area contributed by atoms with Crippen molar-refractivity contribution in [3.05, 3.63) is 49.0 Å². The van der Waals surface area contributed by atoms with Gasteiger partial charge < -0.3 is 15.6 Å². The molecule has 0 atom stereocenters. The zero-order valence-electron chi connectivity index (χ0n) is 13.9. The smallest absolute Gasteiger partial charge is 0.272 e. The zero-order chi connectivity index (χ0) is 17.5. The van der Waals surface area contributed by atoms with E-state index in [2.05, 4.69) is 27.1 Å². The summed E-state index contributed by atoms with van der Waals surface area (Å²) in [5.41, 5.74) is 6.56. The first-order valence-corrected chi connectivity index (χ1v) is 7.77. The van der Waals surface area contributed by atoms with Crippen LogP contribution in [0.5, 0.6) is 0 Å². The molecule has 0 aliphatic rings. The highest BCUT2D eigenvalue weighted by Gasteiger charge is 2.13. The fraction of sp³-hybridized carbons (Fsp3) is 0.294. The lowest BCUT2D eigenvalue weighted by Gasteiger charge is -2.10. The van der Waals surface area contributed by atoms with Gasteiger partial charge in [-0.2, -0.15) is 0 Å².